The van der Waals surface area contributed by atoms with Crippen LogP contribution < -0.4 is 5.32 Å². The Balaban J connectivity index is 2.19. The minimum atomic E-state index is 0.579. The Morgan fingerprint density at radius 1 is 1.38 bits per heavy atom. The van der Waals surface area contributed by atoms with Crippen molar-refractivity contribution in [2.75, 3.05) is 0 Å². The first-order valence-electron chi connectivity index (χ1n) is 4.93. The summed E-state index contributed by atoms with van der Waals surface area (Å²) in [6.45, 7) is 7.62. The fourth-order valence-electron chi connectivity index (χ4n) is 1.48. The van der Waals surface area contributed by atoms with Gasteiger partial charge in [-0.3, -0.25) is 0 Å². The van der Waals surface area contributed by atoms with Crippen molar-refractivity contribution in [3.05, 3.63) is 24.2 Å². The average molecular weight is 181 g/mol. The number of hydrogen-bond acceptors (Lipinski definition) is 2. The van der Waals surface area contributed by atoms with Crippen LogP contribution in [0.4, 0.5) is 0 Å². The van der Waals surface area contributed by atoms with Crippen molar-refractivity contribution in [3.8, 4) is 0 Å². The predicted molar refractivity (Wildman–Crippen MR) is 54.5 cm³/mol. The van der Waals surface area contributed by atoms with Gasteiger partial charge in [-0.1, -0.05) is 13.8 Å². The summed E-state index contributed by atoms with van der Waals surface area (Å²) < 4.78 is 4.99. The fraction of sp³-hybridized carbons (Fsp3) is 0.636. The van der Waals surface area contributed by atoms with Crippen molar-refractivity contribution in [3.63, 3.8) is 0 Å². The third-order valence-electron chi connectivity index (χ3n) is 2.06. The Morgan fingerprint density at radius 2 is 2.15 bits per heavy atom. The van der Waals surface area contributed by atoms with Gasteiger partial charge in [0.15, 0.2) is 0 Å². The van der Waals surface area contributed by atoms with Gasteiger partial charge in [0, 0.05) is 18.2 Å². The zero-order valence-electron chi connectivity index (χ0n) is 8.71. The topological polar surface area (TPSA) is 25.2 Å². The maximum atomic E-state index is 4.99. The molecule has 0 spiro atoms. The molecule has 0 saturated carbocycles. The summed E-state index contributed by atoms with van der Waals surface area (Å²) >= 11 is 0. The molecular formula is C11H19NO. The lowest BCUT2D eigenvalue weighted by Crippen LogP contribution is -2.26. The average Bonchev–Trinajstić information content (AvgIpc) is 2.51. The molecule has 0 aliphatic heterocycles. The standard InChI is InChI=1S/C11H19NO/c1-9(2)6-10(3)12-7-11-4-5-13-8-11/h4-5,8-10,12H,6-7H2,1-3H3. The van der Waals surface area contributed by atoms with Gasteiger partial charge in [-0.15, -0.1) is 0 Å². The van der Waals surface area contributed by atoms with Crippen molar-refractivity contribution in [2.24, 2.45) is 5.92 Å². The fourth-order valence-corrected chi connectivity index (χ4v) is 1.48. The Hall–Kier alpha value is -0.760. The Bertz CT molecular complexity index is 216. The van der Waals surface area contributed by atoms with Gasteiger partial charge in [-0.05, 0) is 25.3 Å². The molecule has 1 atom stereocenters. The molecule has 0 aliphatic rings. The van der Waals surface area contributed by atoms with E-state index in [4.69, 9.17) is 4.42 Å². The van der Waals surface area contributed by atoms with Gasteiger partial charge in [0.25, 0.3) is 0 Å². The third-order valence-corrected chi connectivity index (χ3v) is 2.06. The third kappa shape index (κ3) is 4.13. The van der Waals surface area contributed by atoms with Crippen LogP contribution >= 0.6 is 0 Å². The van der Waals surface area contributed by atoms with E-state index in [2.05, 4.69) is 26.1 Å². The molecule has 13 heavy (non-hydrogen) atoms. The van der Waals surface area contributed by atoms with Gasteiger partial charge in [0.1, 0.15) is 0 Å². The highest BCUT2D eigenvalue weighted by molar-refractivity contribution is 5.04. The summed E-state index contributed by atoms with van der Waals surface area (Å²) in [5.74, 6) is 0.756. The van der Waals surface area contributed by atoms with Gasteiger partial charge in [0.2, 0.25) is 0 Å². The van der Waals surface area contributed by atoms with E-state index in [1.54, 1.807) is 12.5 Å². The first-order chi connectivity index (χ1) is 6.18. The van der Waals surface area contributed by atoms with E-state index >= 15 is 0 Å². The Kier molecular flexibility index (Phi) is 4.03. The van der Waals surface area contributed by atoms with Crippen molar-refractivity contribution >= 4 is 0 Å². The van der Waals surface area contributed by atoms with Gasteiger partial charge in [-0.25, -0.2) is 0 Å². The molecular weight excluding hydrogens is 162 g/mol. The van der Waals surface area contributed by atoms with Gasteiger partial charge < -0.3 is 9.73 Å². The lowest BCUT2D eigenvalue weighted by atomic mass is 10.1. The van der Waals surface area contributed by atoms with Crippen LogP contribution in [0.2, 0.25) is 0 Å². The van der Waals surface area contributed by atoms with E-state index in [0.29, 0.717) is 6.04 Å². The molecule has 0 fully saturated rings. The molecule has 2 nitrogen and oxygen atoms in total. The normalized spacial score (nSPS) is 13.5. The number of rotatable bonds is 5. The van der Waals surface area contributed by atoms with E-state index < -0.39 is 0 Å². The first-order valence-corrected chi connectivity index (χ1v) is 4.93. The summed E-state index contributed by atoms with van der Waals surface area (Å²) in [5, 5.41) is 3.46. The lowest BCUT2D eigenvalue weighted by molar-refractivity contribution is 0.440. The smallest absolute Gasteiger partial charge is 0.0947 e. The van der Waals surface area contributed by atoms with E-state index in [1.807, 2.05) is 6.07 Å². The van der Waals surface area contributed by atoms with Crippen molar-refractivity contribution in [2.45, 2.75) is 39.8 Å². The molecule has 1 aromatic heterocycles. The highest BCUT2D eigenvalue weighted by atomic mass is 16.3. The minimum Gasteiger partial charge on any atom is -0.472 e. The molecule has 2 heteroatoms. The lowest BCUT2D eigenvalue weighted by Gasteiger charge is -2.14. The molecule has 0 aliphatic carbocycles. The van der Waals surface area contributed by atoms with Crippen LogP contribution in [0.15, 0.2) is 23.0 Å². The SMILES string of the molecule is CC(C)CC(C)NCc1ccoc1. The molecule has 1 heterocycles. The van der Waals surface area contributed by atoms with Crippen LogP contribution in [0.25, 0.3) is 0 Å². The quantitative estimate of drug-likeness (QED) is 0.755. The number of hydrogen-bond donors (Lipinski definition) is 1. The Morgan fingerprint density at radius 3 is 2.69 bits per heavy atom. The monoisotopic (exact) mass is 181 g/mol. The van der Waals surface area contributed by atoms with Crippen LogP contribution in [0.5, 0.6) is 0 Å². The van der Waals surface area contributed by atoms with E-state index in [0.717, 1.165) is 12.5 Å². The molecule has 1 aromatic rings. The van der Waals surface area contributed by atoms with Crippen LogP contribution in [0, 0.1) is 5.92 Å². The zero-order chi connectivity index (χ0) is 9.68. The summed E-state index contributed by atoms with van der Waals surface area (Å²) in [6.07, 6.45) is 4.72. The Labute approximate surface area is 80.3 Å². The van der Waals surface area contributed by atoms with E-state index in [1.165, 1.54) is 12.0 Å². The summed E-state index contributed by atoms with van der Waals surface area (Å²) in [7, 11) is 0. The predicted octanol–water partition coefficient (Wildman–Crippen LogP) is 2.80. The molecule has 0 bridgehead atoms. The number of nitrogens with one attached hydrogen (secondary N) is 1. The van der Waals surface area contributed by atoms with E-state index in [-0.39, 0.29) is 0 Å². The summed E-state index contributed by atoms with van der Waals surface area (Å²) in [4.78, 5) is 0. The van der Waals surface area contributed by atoms with E-state index in [9.17, 15) is 0 Å². The van der Waals surface area contributed by atoms with Gasteiger partial charge in [-0.2, -0.15) is 0 Å². The molecule has 74 valence electrons. The van der Waals surface area contributed by atoms with Gasteiger partial charge in [0.05, 0.1) is 12.5 Å². The van der Waals surface area contributed by atoms with Crippen molar-refractivity contribution < 1.29 is 4.42 Å². The maximum absolute atomic E-state index is 4.99. The summed E-state index contributed by atoms with van der Waals surface area (Å²) in [5.41, 5.74) is 1.22. The molecule has 1 N–H and O–H groups in total. The second-order valence-corrected chi connectivity index (χ2v) is 4.04. The van der Waals surface area contributed by atoms with Crippen molar-refractivity contribution in [1.82, 2.24) is 5.32 Å². The zero-order valence-corrected chi connectivity index (χ0v) is 8.71. The largest absolute Gasteiger partial charge is 0.472 e. The van der Waals surface area contributed by atoms with Crippen LogP contribution in [-0.4, -0.2) is 6.04 Å². The first kappa shape index (κ1) is 10.3. The highest BCUT2D eigenvalue weighted by Crippen LogP contribution is 2.05. The maximum Gasteiger partial charge on any atom is 0.0947 e. The number of furan rings is 1. The molecule has 1 unspecified atom stereocenters. The second kappa shape index (κ2) is 5.07. The second-order valence-electron chi connectivity index (χ2n) is 4.04. The highest BCUT2D eigenvalue weighted by Gasteiger charge is 2.04. The molecule has 1 rings (SSSR count). The molecule has 0 amide bonds. The molecule has 0 radical (unpaired) electrons. The van der Waals surface area contributed by atoms with Crippen LogP contribution in [-0.2, 0) is 6.54 Å². The molecule has 0 saturated heterocycles. The van der Waals surface area contributed by atoms with Gasteiger partial charge >= 0.3 is 0 Å². The summed E-state index contributed by atoms with van der Waals surface area (Å²) in [6, 6.07) is 2.57. The van der Waals surface area contributed by atoms with Crippen molar-refractivity contribution in [1.29, 1.82) is 0 Å². The minimum absolute atomic E-state index is 0.579. The molecule has 0 aromatic carbocycles. The van der Waals surface area contributed by atoms with Crippen LogP contribution in [0.1, 0.15) is 32.8 Å². The van der Waals surface area contributed by atoms with Crippen LogP contribution in [0.3, 0.4) is 0 Å².